The third kappa shape index (κ3) is 7.92. The van der Waals surface area contributed by atoms with Crippen LogP contribution in [-0.2, 0) is 0 Å². The van der Waals surface area contributed by atoms with Crippen LogP contribution in [-0.4, -0.2) is 18.6 Å². The highest BCUT2D eigenvalue weighted by molar-refractivity contribution is 4.72. The Bertz CT molecular complexity index is 73.8. The monoisotopic (exact) mass is 144 g/mol. The van der Waals surface area contributed by atoms with Crippen molar-refractivity contribution in [3.05, 3.63) is 0 Å². The lowest BCUT2D eigenvalue weighted by molar-refractivity contribution is 0.455. The predicted octanol–water partition coefficient (Wildman–Crippen LogP) is 1.11. The zero-order valence-electron chi connectivity index (χ0n) is 7.41. The molecule has 0 saturated carbocycles. The molecule has 0 amide bonds. The zero-order chi connectivity index (χ0) is 8.04. The quantitative estimate of drug-likeness (QED) is 0.567. The van der Waals surface area contributed by atoms with Crippen molar-refractivity contribution in [1.29, 1.82) is 0 Å². The lowest BCUT2D eigenvalue weighted by Gasteiger charge is -2.17. The summed E-state index contributed by atoms with van der Waals surface area (Å²) >= 11 is 0. The molecule has 0 radical (unpaired) electrons. The average Bonchev–Trinajstić information content (AvgIpc) is 1.78. The Hall–Kier alpha value is -0.0800. The van der Waals surface area contributed by atoms with E-state index in [9.17, 15) is 0 Å². The second kappa shape index (κ2) is 4.69. The fourth-order valence-corrected chi connectivity index (χ4v) is 0.712. The summed E-state index contributed by atoms with van der Waals surface area (Å²) < 4.78 is 0. The number of nitrogens with two attached hydrogens (primary N) is 1. The maximum absolute atomic E-state index is 5.78. The Morgan fingerprint density at radius 3 is 2.30 bits per heavy atom. The van der Waals surface area contributed by atoms with Gasteiger partial charge in [-0.2, -0.15) is 0 Å². The van der Waals surface area contributed by atoms with Crippen LogP contribution in [0.4, 0.5) is 0 Å². The molecule has 0 saturated heterocycles. The summed E-state index contributed by atoms with van der Waals surface area (Å²) in [6.07, 6.45) is 2.25. The molecule has 3 N–H and O–H groups in total. The molecule has 0 unspecified atom stereocenters. The fourth-order valence-electron chi connectivity index (χ4n) is 0.712. The molecule has 2 nitrogen and oxygen atoms in total. The highest BCUT2D eigenvalue weighted by Gasteiger charge is 2.08. The van der Waals surface area contributed by atoms with Gasteiger partial charge in [0.2, 0.25) is 0 Å². The van der Waals surface area contributed by atoms with Crippen molar-refractivity contribution in [2.75, 3.05) is 13.1 Å². The minimum Gasteiger partial charge on any atom is -0.326 e. The van der Waals surface area contributed by atoms with E-state index in [2.05, 4.69) is 26.1 Å². The van der Waals surface area contributed by atoms with E-state index in [0.29, 0.717) is 0 Å². The van der Waals surface area contributed by atoms with Crippen LogP contribution in [0.25, 0.3) is 0 Å². The first-order valence-electron chi connectivity index (χ1n) is 4.06. The lowest BCUT2D eigenvalue weighted by atomic mass is 10.0. The summed E-state index contributed by atoms with van der Waals surface area (Å²) in [5.74, 6) is 0. The third-order valence-electron chi connectivity index (χ3n) is 1.37. The standard InChI is InChI=1S/C8H20N2/c1-4-6-10-7-5-8(2,3)9/h10H,4-7,9H2,1-3H3. The molecule has 0 aromatic rings. The van der Waals surface area contributed by atoms with Crippen molar-refractivity contribution in [2.45, 2.75) is 39.2 Å². The van der Waals surface area contributed by atoms with Crippen LogP contribution in [0.2, 0.25) is 0 Å². The molecule has 0 aliphatic rings. The van der Waals surface area contributed by atoms with Gasteiger partial charge in [0.25, 0.3) is 0 Å². The van der Waals surface area contributed by atoms with Crippen LogP contribution >= 0.6 is 0 Å². The van der Waals surface area contributed by atoms with E-state index in [4.69, 9.17) is 5.73 Å². The first-order valence-corrected chi connectivity index (χ1v) is 4.06. The highest BCUT2D eigenvalue weighted by atomic mass is 14.9. The maximum atomic E-state index is 5.78. The smallest absolute Gasteiger partial charge is 0.0109 e. The molecule has 10 heavy (non-hydrogen) atoms. The van der Waals surface area contributed by atoms with Gasteiger partial charge in [-0.1, -0.05) is 6.92 Å². The van der Waals surface area contributed by atoms with E-state index in [1.54, 1.807) is 0 Å². The van der Waals surface area contributed by atoms with Crippen molar-refractivity contribution in [3.8, 4) is 0 Å². The normalized spacial score (nSPS) is 12.0. The molecule has 0 aliphatic heterocycles. The van der Waals surface area contributed by atoms with Crippen LogP contribution < -0.4 is 11.1 Å². The molecule has 0 rings (SSSR count). The van der Waals surface area contributed by atoms with E-state index in [0.717, 1.165) is 19.5 Å². The van der Waals surface area contributed by atoms with E-state index in [1.165, 1.54) is 6.42 Å². The van der Waals surface area contributed by atoms with Crippen LogP contribution in [0.5, 0.6) is 0 Å². The average molecular weight is 144 g/mol. The molecule has 0 bridgehead atoms. The molecular weight excluding hydrogens is 124 g/mol. The molecule has 0 fully saturated rings. The largest absolute Gasteiger partial charge is 0.326 e. The van der Waals surface area contributed by atoms with E-state index < -0.39 is 0 Å². The Morgan fingerprint density at radius 2 is 1.90 bits per heavy atom. The SMILES string of the molecule is CCCNCCC(C)(C)N. The summed E-state index contributed by atoms with van der Waals surface area (Å²) in [7, 11) is 0. The van der Waals surface area contributed by atoms with Gasteiger partial charge in [0.05, 0.1) is 0 Å². The van der Waals surface area contributed by atoms with Gasteiger partial charge in [-0.25, -0.2) is 0 Å². The van der Waals surface area contributed by atoms with Crippen LogP contribution in [0.1, 0.15) is 33.6 Å². The Kier molecular flexibility index (Phi) is 4.65. The van der Waals surface area contributed by atoms with Gasteiger partial charge in [0.1, 0.15) is 0 Å². The van der Waals surface area contributed by atoms with Crippen molar-refractivity contribution in [3.63, 3.8) is 0 Å². The minimum absolute atomic E-state index is 0.0132. The Morgan fingerprint density at radius 1 is 1.30 bits per heavy atom. The second-order valence-electron chi connectivity index (χ2n) is 3.49. The first kappa shape index (κ1) is 9.92. The molecule has 2 heteroatoms. The number of nitrogens with one attached hydrogen (secondary N) is 1. The third-order valence-corrected chi connectivity index (χ3v) is 1.37. The van der Waals surface area contributed by atoms with Gasteiger partial charge in [-0.05, 0) is 39.8 Å². The molecule has 0 spiro atoms. The van der Waals surface area contributed by atoms with Gasteiger partial charge in [-0.3, -0.25) is 0 Å². The van der Waals surface area contributed by atoms with Crippen molar-refractivity contribution >= 4 is 0 Å². The minimum atomic E-state index is -0.0132. The molecule has 0 aliphatic carbocycles. The van der Waals surface area contributed by atoms with Gasteiger partial charge in [0, 0.05) is 5.54 Å². The van der Waals surface area contributed by atoms with E-state index in [1.807, 2.05) is 0 Å². The van der Waals surface area contributed by atoms with Crippen molar-refractivity contribution in [2.24, 2.45) is 5.73 Å². The molecule has 0 aromatic heterocycles. The Labute approximate surface area is 64.2 Å². The zero-order valence-corrected chi connectivity index (χ0v) is 7.41. The second-order valence-corrected chi connectivity index (χ2v) is 3.49. The van der Waals surface area contributed by atoms with Gasteiger partial charge < -0.3 is 11.1 Å². The van der Waals surface area contributed by atoms with E-state index in [-0.39, 0.29) is 5.54 Å². The van der Waals surface area contributed by atoms with Gasteiger partial charge in [0.15, 0.2) is 0 Å². The fraction of sp³-hybridized carbons (Fsp3) is 1.00. The summed E-state index contributed by atoms with van der Waals surface area (Å²) in [6, 6.07) is 0. The number of hydrogen-bond donors (Lipinski definition) is 2. The summed E-state index contributed by atoms with van der Waals surface area (Å²) in [5, 5.41) is 3.31. The molecule has 62 valence electrons. The van der Waals surface area contributed by atoms with Crippen molar-refractivity contribution < 1.29 is 0 Å². The predicted molar refractivity (Wildman–Crippen MR) is 46.0 cm³/mol. The van der Waals surface area contributed by atoms with Crippen LogP contribution in [0.3, 0.4) is 0 Å². The van der Waals surface area contributed by atoms with Crippen LogP contribution in [0, 0.1) is 0 Å². The molecular formula is C8H20N2. The van der Waals surface area contributed by atoms with E-state index >= 15 is 0 Å². The first-order chi connectivity index (χ1) is 4.56. The summed E-state index contributed by atoms with van der Waals surface area (Å²) in [4.78, 5) is 0. The molecule has 0 atom stereocenters. The summed E-state index contributed by atoms with van der Waals surface area (Å²) in [6.45, 7) is 8.43. The van der Waals surface area contributed by atoms with Gasteiger partial charge in [-0.15, -0.1) is 0 Å². The molecule has 0 heterocycles. The Balaban J connectivity index is 3.04. The topological polar surface area (TPSA) is 38.0 Å². The molecule has 0 aromatic carbocycles. The highest BCUT2D eigenvalue weighted by Crippen LogP contribution is 2.00. The lowest BCUT2D eigenvalue weighted by Crippen LogP contribution is -2.35. The summed E-state index contributed by atoms with van der Waals surface area (Å²) in [5.41, 5.74) is 5.76. The maximum Gasteiger partial charge on any atom is 0.0109 e. The van der Waals surface area contributed by atoms with Crippen LogP contribution in [0.15, 0.2) is 0 Å². The number of rotatable bonds is 5. The van der Waals surface area contributed by atoms with Crippen molar-refractivity contribution in [1.82, 2.24) is 5.32 Å². The van der Waals surface area contributed by atoms with Gasteiger partial charge >= 0.3 is 0 Å². The number of hydrogen-bond acceptors (Lipinski definition) is 2.